The minimum atomic E-state index is -4.82. The van der Waals surface area contributed by atoms with Crippen LogP contribution in [0.5, 0.6) is 0 Å². The highest BCUT2D eigenvalue weighted by atomic mass is 35.7. The van der Waals surface area contributed by atoms with Gasteiger partial charge in [-0.2, -0.15) is 18.3 Å². The summed E-state index contributed by atoms with van der Waals surface area (Å²) in [6, 6.07) is 6.84. The summed E-state index contributed by atoms with van der Waals surface area (Å²) in [5.74, 6) is 0. The van der Waals surface area contributed by atoms with Crippen molar-refractivity contribution < 1.29 is 17.4 Å². The molecule has 1 atom stereocenters. The predicted octanol–water partition coefficient (Wildman–Crippen LogP) is 4.61. The third kappa shape index (κ3) is 3.77. The van der Waals surface area contributed by atoms with Crippen molar-refractivity contribution in [1.29, 1.82) is 0 Å². The summed E-state index contributed by atoms with van der Waals surface area (Å²) in [5.41, 5.74) is -1.43. The molecule has 0 aliphatic rings. The second-order valence-corrected chi connectivity index (χ2v) is 7.67. The molecule has 142 valence electrons. The molecule has 3 rings (SSSR count). The first-order chi connectivity index (χ1) is 12.6. The van der Waals surface area contributed by atoms with Crippen LogP contribution in [0.2, 0.25) is 10.0 Å². The Kier molecular flexibility index (Phi) is 5.40. The monoisotopic (exact) mass is 455 g/mol. The van der Waals surface area contributed by atoms with E-state index in [1.807, 2.05) is 0 Å². The maximum Gasteiger partial charge on any atom is 0.434 e. The fourth-order valence-electron chi connectivity index (χ4n) is 2.35. The average Bonchev–Trinajstić information content (AvgIpc) is 3.06. The number of rotatable bonds is 3. The molecule has 2 heterocycles. The molecule has 0 N–H and O–H groups in total. The van der Waals surface area contributed by atoms with Gasteiger partial charge in [0, 0.05) is 11.9 Å². The molecule has 1 unspecified atom stereocenters. The van der Waals surface area contributed by atoms with Crippen LogP contribution in [0.1, 0.15) is 5.69 Å². The van der Waals surface area contributed by atoms with Crippen LogP contribution in [0, 0.1) is 0 Å². The third-order valence-corrected chi connectivity index (χ3v) is 5.46. The first-order valence-corrected chi connectivity index (χ1v) is 9.75. The Hall–Kier alpha value is -1.81. The molecule has 2 aromatic heterocycles. The highest BCUT2D eigenvalue weighted by Crippen LogP contribution is 2.35. The van der Waals surface area contributed by atoms with Gasteiger partial charge in [-0.05, 0) is 41.0 Å². The first-order valence-electron chi connectivity index (χ1n) is 7.02. The quantitative estimate of drug-likeness (QED) is 0.541. The summed E-state index contributed by atoms with van der Waals surface area (Å²) in [6.07, 6.45) is -2.64. The van der Waals surface area contributed by atoms with Crippen molar-refractivity contribution in [2.45, 2.75) is 11.1 Å². The fourth-order valence-corrected chi connectivity index (χ4v) is 3.47. The second kappa shape index (κ2) is 7.31. The van der Waals surface area contributed by atoms with E-state index >= 15 is 0 Å². The van der Waals surface area contributed by atoms with Gasteiger partial charge >= 0.3 is 6.18 Å². The largest absolute Gasteiger partial charge is 0.434 e. The van der Waals surface area contributed by atoms with Crippen LogP contribution < -0.4 is 5.56 Å². The average molecular weight is 457 g/mol. The zero-order valence-corrected chi connectivity index (χ0v) is 16.0. The van der Waals surface area contributed by atoms with Crippen LogP contribution in [0.3, 0.4) is 0 Å². The zero-order chi connectivity index (χ0) is 19.9. The van der Waals surface area contributed by atoms with E-state index in [9.17, 15) is 22.2 Å². The summed E-state index contributed by atoms with van der Waals surface area (Å²) < 4.78 is 53.1. The maximum absolute atomic E-state index is 13.3. The number of benzene rings is 1. The number of alkyl halides is 3. The van der Waals surface area contributed by atoms with Gasteiger partial charge in [-0.15, -0.1) is 0 Å². The molecule has 0 radical (unpaired) electrons. The van der Waals surface area contributed by atoms with E-state index in [1.165, 1.54) is 41.1 Å². The highest BCUT2D eigenvalue weighted by Gasteiger charge is 2.40. The number of aromatic nitrogens is 3. The van der Waals surface area contributed by atoms with Crippen molar-refractivity contribution in [3.8, 4) is 11.4 Å². The number of hydrogen-bond acceptors (Lipinski definition) is 3. The van der Waals surface area contributed by atoms with Gasteiger partial charge in [0.2, 0.25) is 0 Å². The zero-order valence-electron chi connectivity index (χ0n) is 12.9. The summed E-state index contributed by atoms with van der Waals surface area (Å²) in [6.45, 7) is 0. The normalized spacial score (nSPS) is 13.0. The molecule has 12 heteroatoms. The Morgan fingerprint density at radius 3 is 2.19 bits per heavy atom. The number of halogens is 6. The van der Waals surface area contributed by atoms with Gasteiger partial charge in [0.25, 0.3) is 5.56 Å². The van der Waals surface area contributed by atoms with Crippen LogP contribution in [0.4, 0.5) is 13.2 Å². The van der Waals surface area contributed by atoms with Crippen LogP contribution in [0.25, 0.3) is 11.4 Å². The van der Waals surface area contributed by atoms with Crippen molar-refractivity contribution in [3.63, 3.8) is 0 Å². The molecule has 0 saturated heterocycles. The third-order valence-electron chi connectivity index (χ3n) is 3.54. The van der Waals surface area contributed by atoms with E-state index in [0.717, 1.165) is 6.20 Å². The molecule has 1 aromatic carbocycles. The first kappa shape index (κ1) is 19.9. The van der Waals surface area contributed by atoms with Crippen LogP contribution in [-0.2, 0) is 16.2 Å². The Morgan fingerprint density at radius 1 is 1.04 bits per heavy atom. The molecule has 0 amide bonds. The van der Waals surface area contributed by atoms with E-state index < -0.39 is 32.3 Å². The van der Waals surface area contributed by atoms with Crippen LogP contribution >= 0.6 is 33.9 Å². The van der Waals surface area contributed by atoms with E-state index in [2.05, 4.69) is 5.10 Å². The van der Waals surface area contributed by atoms with E-state index in [-0.39, 0.29) is 15.7 Å². The summed E-state index contributed by atoms with van der Waals surface area (Å²) in [7, 11) is 2.94. The Morgan fingerprint density at radius 2 is 1.63 bits per heavy atom. The van der Waals surface area contributed by atoms with E-state index in [0.29, 0.717) is 10.4 Å². The van der Waals surface area contributed by atoms with Gasteiger partial charge in [0.15, 0.2) is 15.7 Å². The Bertz CT molecular complexity index is 1090. The minimum Gasteiger partial charge on any atom is -0.283 e. The van der Waals surface area contributed by atoms with Crippen molar-refractivity contribution in [2.24, 2.45) is 0 Å². The smallest absolute Gasteiger partial charge is 0.283 e. The Balaban J connectivity index is 2.09. The summed E-state index contributed by atoms with van der Waals surface area (Å²) in [4.78, 5) is 11.5. The van der Waals surface area contributed by atoms with Gasteiger partial charge in [-0.3, -0.25) is 9.36 Å². The molecule has 0 saturated carbocycles. The fraction of sp³-hybridized carbons (Fsp3) is 0.0667. The Labute approximate surface area is 166 Å². The second-order valence-electron chi connectivity index (χ2n) is 5.16. The SMILES string of the molecule is O=c1c(Cl)c(Cl)ccn1-c1ccc(-n2ncc(S(=O)Cl)c2C(F)(F)F)cc1. The molecule has 0 bridgehead atoms. The van der Waals surface area contributed by atoms with Crippen molar-refractivity contribution in [3.05, 3.63) is 68.8 Å². The maximum atomic E-state index is 13.3. The van der Waals surface area contributed by atoms with Crippen LogP contribution in [-0.4, -0.2) is 18.6 Å². The predicted molar refractivity (Wildman–Crippen MR) is 96.4 cm³/mol. The molecule has 3 aromatic rings. The molecule has 0 aliphatic carbocycles. The van der Waals surface area contributed by atoms with Gasteiger partial charge in [-0.1, -0.05) is 23.2 Å². The van der Waals surface area contributed by atoms with Gasteiger partial charge in [0.1, 0.15) is 9.92 Å². The highest BCUT2D eigenvalue weighted by molar-refractivity contribution is 8.08. The molecule has 0 aliphatic heterocycles. The lowest BCUT2D eigenvalue weighted by molar-refractivity contribution is -0.145. The lowest BCUT2D eigenvalue weighted by Gasteiger charge is -2.12. The molecule has 5 nitrogen and oxygen atoms in total. The van der Waals surface area contributed by atoms with Crippen molar-refractivity contribution >= 4 is 43.9 Å². The van der Waals surface area contributed by atoms with Crippen molar-refractivity contribution in [2.75, 3.05) is 0 Å². The number of hydrogen-bond donors (Lipinski definition) is 0. The standard InChI is InChI=1S/C15H7Cl3F3N3O2S/c16-10-5-6-23(14(25)12(10)17)8-1-3-9(4-2-8)24-13(15(19,20)21)11(7-22-24)27(18)26/h1-7H. The van der Waals surface area contributed by atoms with Gasteiger partial charge in [0.05, 0.1) is 16.9 Å². The van der Waals surface area contributed by atoms with Crippen molar-refractivity contribution in [1.82, 2.24) is 14.3 Å². The summed E-state index contributed by atoms with van der Waals surface area (Å²) in [5, 5.41) is 3.54. The lowest BCUT2D eigenvalue weighted by atomic mass is 10.2. The molecular weight excluding hydrogens is 450 g/mol. The van der Waals surface area contributed by atoms with E-state index in [4.69, 9.17) is 33.9 Å². The van der Waals surface area contributed by atoms with Gasteiger partial charge in [-0.25, -0.2) is 8.89 Å². The molecular formula is C15H7Cl3F3N3O2S. The topological polar surface area (TPSA) is 56.9 Å². The minimum absolute atomic E-state index is 0.0348. The van der Waals surface area contributed by atoms with Gasteiger partial charge < -0.3 is 0 Å². The van der Waals surface area contributed by atoms with E-state index in [1.54, 1.807) is 0 Å². The molecule has 27 heavy (non-hydrogen) atoms. The number of pyridine rings is 1. The molecule has 0 fully saturated rings. The van der Waals surface area contributed by atoms with Crippen LogP contribution in [0.15, 0.2) is 52.4 Å². The molecule has 0 spiro atoms. The summed E-state index contributed by atoms with van der Waals surface area (Å²) >= 11 is 11.6. The lowest BCUT2D eigenvalue weighted by Crippen LogP contribution is -2.18. The number of nitrogens with zero attached hydrogens (tertiary/aromatic N) is 3.